The zero-order valence-electron chi connectivity index (χ0n) is 15.3. The van der Waals surface area contributed by atoms with E-state index in [9.17, 15) is 0 Å². The number of nitrogens with one attached hydrogen (secondary N) is 1. The van der Waals surface area contributed by atoms with Crippen LogP contribution >= 0.6 is 0 Å². The number of benzene rings is 1. The van der Waals surface area contributed by atoms with Crippen molar-refractivity contribution in [2.45, 2.75) is 12.5 Å². The average molecular weight is 366 g/mol. The molecule has 2 aromatic heterocycles. The number of nitrogens with two attached hydrogens (primary N) is 1. The largest absolute Gasteiger partial charge is 0.497 e. The normalized spacial score (nSPS) is 17.0. The highest BCUT2D eigenvalue weighted by atomic mass is 16.5. The summed E-state index contributed by atoms with van der Waals surface area (Å²) in [6, 6.07) is 5.96. The van der Waals surface area contributed by atoms with E-state index in [0.717, 1.165) is 53.3 Å². The van der Waals surface area contributed by atoms with Crippen LogP contribution in [0.15, 0.2) is 24.5 Å². The summed E-state index contributed by atoms with van der Waals surface area (Å²) in [5.74, 6) is 1.88. The lowest BCUT2D eigenvalue weighted by molar-refractivity contribution is 0.394. The monoisotopic (exact) mass is 366 g/mol. The van der Waals surface area contributed by atoms with Crippen molar-refractivity contribution in [3.63, 3.8) is 0 Å². The first-order valence-corrected chi connectivity index (χ1v) is 8.80. The molecule has 1 unspecified atom stereocenters. The molecule has 8 nitrogen and oxygen atoms in total. The first kappa shape index (κ1) is 17.3. The van der Waals surface area contributed by atoms with Crippen molar-refractivity contribution in [1.29, 1.82) is 0 Å². The number of methoxy groups -OCH3 is 2. The molecule has 1 atom stereocenters. The van der Waals surface area contributed by atoms with Crippen LogP contribution in [0.2, 0.25) is 0 Å². The molecule has 0 bridgehead atoms. The van der Waals surface area contributed by atoms with Crippen LogP contribution in [0, 0.1) is 0 Å². The fourth-order valence-electron chi connectivity index (χ4n) is 3.34. The summed E-state index contributed by atoms with van der Waals surface area (Å²) in [6.45, 7) is 1.85. The minimum atomic E-state index is 0.265. The van der Waals surface area contributed by atoms with E-state index in [0.29, 0.717) is 5.82 Å². The van der Waals surface area contributed by atoms with E-state index in [4.69, 9.17) is 20.3 Å². The van der Waals surface area contributed by atoms with Crippen LogP contribution in [0.25, 0.3) is 23.2 Å². The first-order chi connectivity index (χ1) is 13.2. The number of anilines is 1. The molecule has 0 saturated carbocycles. The molecular weight excluding hydrogens is 344 g/mol. The summed E-state index contributed by atoms with van der Waals surface area (Å²) < 4.78 is 12.6. The van der Waals surface area contributed by atoms with Crippen LogP contribution in [0.3, 0.4) is 0 Å². The van der Waals surface area contributed by atoms with Crippen molar-refractivity contribution in [3.8, 4) is 11.5 Å². The first-order valence-electron chi connectivity index (χ1n) is 8.80. The van der Waals surface area contributed by atoms with E-state index in [1.54, 1.807) is 14.2 Å². The van der Waals surface area contributed by atoms with Gasteiger partial charge in [0.15, 0.2) is 5.65 Å². The minimum absolute atomic E-state index is 0.265. The molecule has 8 heteroatoms. The SMILES string of the molecule is COc1cc(C=Cc2nn(C3CCNC3)c3ncnc(N)c23)cc(OC)c1. The van der Waals surface area contributed by atoms with Gasteiger partial charge < -0.3 is 20.5 Å². The molecule has 1 saturated heterocycles. The molecular formula is C19H22N6O2. The predicted octanol–water partition coefficient (Wildman–Crippen LogP) is 2.13. The Hall–Kier alpha value is -3.13. The number of aromatic nitrogens is 4. The second kappa shape index (κ2) is 7.24. The zero-order valence-corrected chi connectivity index (χ0v) is 15.3. The average Bonchev–Trinajstić information content (AvgIpc) is 3.34. The highest BCUT2D eigenvalue weighted by molar-refractivity contribution is 5.94. The molecule has 1 fully saturated rings. The minimum Gasteiger partial charge on any atom is -0.497 e. The molecule has 3 aromatic rings. The van der Waals surface area contributed by atoms with E-state index < -0.39 is 0 Å². The molecule has 3 N–H and O–H groups in total. The molecule has 1 aliphatic rings. The second-order valence-electron chi connectivity index (χ2n) is 6.41. The molecule has 4 rings (SSSR count). The van der Waals surface area contributed by atoms with Gasteiger partial charge in [0.05, 0.1) is 31.3 Å². The maximum Gasteiger partial charge on any atom is 0.164 e. The fourth-order valence-corrected chi connectivity index (χ4v) is 3.34. The molecule has 0 spiro atoms. The number of hydrogen-bond donors (Lipinski definition) is 2. The quantitative estimate of drug-likeness (QED) is 0.713. The van der Waals surface area contributed by atoms with Gasteiger partial charge in [-0.2, -0.15) is 5.10 Å². The number of rotatable bonds is 5. The summed E-state index contributed by atoms with van der Waals surface area (Å²) in [5, 5.41) is 8.91. The molecule has 1 aliphatic heterocycles. The van der Waals surface area contributed by atoms with E-state index >= 15 is 0 Å². The second-order valence-corrected chi connectivity index (χ2v) is 6.41. The highest BCUT2D eigenvalue weighted by Crippen LogP contribution is 2.28. The topological polar surface area (TPSA) is 100 Å². The third-order valence-corrected chi connectivity index (χ3v) is 4.73. The Balaban J connectivity index is 1.77. The molecule has 0 radical (unpaired) electrons. The Kier molecular flexibility index (Phi) is 4.64. The van der Waals surface area contributed by atoms with Gasteiger partial charge in [-0.1, -0.05) is 6.08 Å². The van der Waals surface area contributed by atoms with E-state index in [-0.39, 0.29) is 6.04 Å². The van der Waals surface area contributed by atoms with Crippen molar-refractivity contribution in [3.05, 3.63) is 35.8 Å². The van der Waals surface area contributed by atoms with Crippen LogP contribution < -0.4 is 20.5 Å². The van der Waals surface area contributed by atoms with Crippen molar-refractivity contribution in [2.75, 3.05) is 33.0 Å². The fraction of sp³-hybridized carbons (Fsp3) is 0.316. The van der Waals surface area contributed by atoms with Crippen LogP contribution in [0.4, 0.5) is 5.82 Å². The maximum absolute atomic E-state index is 6.14. The Morgan fingerprint density at radius 2 is 1.93 bits per heavy atom. The zero-order chi connectivity index (χ0) is 18.8. The van der Waals surface area contributed by atoms with Crippen molar-refractivity contribution in [2.24, 2.45) is 0 Å². The number of nitrogens with zero attached hydrogens (tertiary/aromatic N) is 4. The molecule has 140 valence electrons. The lowest BCUT2D eigenvalue weighted by Crippen LogP contribution is -2.15. The van der Waals surface area contributed by atoms with Gasteiger partial charge in [-0.3, -0.25) is 0 Å². The maximum atomic E-state index is 6.14. The van der Waals surface area contributed by atoms with Gasteiger partial charge in [-0.25, -0.2) is 14.6 Å². The van der Waals surface area contributed by atoms with Crippen LogP contribution in [0.5, 0.6) is 11.5 Å². The summed E-state index contributed by atoms with van der Waals surface area (Å²) in [6.07, 6.45) is 6.38. The van der Waals surface area contributed by atoms with Gasteiger partial charge >= 0.3 is 0 Å². The van der Waals surface area contributed by atoms with E-state index in [1.165, 1.54) is 6.33 Å². The lowest BCUT2D eigenvalue weighted by atomic mass is 10.1. The van der Waals surface area contributed by atoms with Gasteiger partial charge in [0.2, 0.25) is 0 Å². The molecule has 1 aromatic carbocycles. The molecule has 0 amide bonds. The van der Waals surface area contributed by atoms with Crippen LogP contribution in [0.1, 0.15) is 23.7 Å². The summed E-state index contributed by atoms with van der Waals surface area (Å²) in [5.41, 5.74) is 8.58. The van der Waals surface area contributed by atoms with E-state index in [1.807, 2.05) is 35.0 Å². The van der Waals surface area contributed by atoms with Gasteiger partial charge in [0.1, 0.15) is 23.6 Å². The van der Waals surface area contributed by atoms with E-state index in [2.05, 4.69) is 15.3 Å². The molecule has 27 heavy (non-hydrogen) atoms. The summed E-state index contributed by atoms with van der Waals surface area (Å²) >= 11 is 0. The number of nitrogen functional groups attached to an aromatic ring is 1. The van der Waals surface area contributed by atoms with Crippen LogP contribution in [-0.4, -0.2) is 47.1 Å². The number of hydrogen-bond acceptors (Lipinski definition) is 7. The van der Waals surface area contributed by atoms with Gasteiger partial charge in [-0.05, 0) is 36.7 Å². The molecule has 0 aliphatic carbocycles. The van der Waals surface area contributed by atoms with Crippen LogP contribution in [-0.2, 0) is 0 Å². The Morgan fingerprint density at radius 1 is 1.15 bits per heavy atom. The Bertz CT molecular complexity index is 969. The van der Waals surface area contributed by atoms with Crippen molar-refractivity contribution in [1.82, 2.24) is 25.1 Å². The van der Waals surface area contributed by atoms with Crippen molar-refractivity contribution >= 4 is 29.0 Å². The Morgan fingerprint density at radius 3 is 2.59 bits per heavy atom. The summed E-state index contributed by atoms with van der Waals surface area (Å²) in [4.78, 5) is 8.57. The van der Waals surface area contributed by atoms with Gasteiger partial charge in [-0.15, -0.1) is 0 Å². The number of fused-ring (bicyclic) bond motifs is 1. The van der Waals surface area contributed by atoms with Gasteiger partial charge in [0, 0.05) is 12.6 Å². The standard InChI is InChI=1S/C19H22N6O2/c1-26-14-7-12(8-15(9-14)27-2)3-4-16-17-18(20)22-11-23-19(17)25(24-16)13-5-6-21-10-13/h3-4,7-9,11,13,21H,5-6,10H2,1-2H3,(H2,20,22,23). The third-order valence-electron chi connectivity index (χ3n) is 4.73. The Labute approximate surface area is 157 Å². The van der Waals surface area contributed by atoms with Gasteiger partial charge in [0.25, 0.3) is 0 Å². The lowest BCUT2D eigenvalue weighted by Gasteiger charge is -2.09. The number of ether oxygens (including phenoxy) is 2. The summed E-state index contributed by atoms with van der Waals surface area (Å²) in [7, 11) is 3.26. The molecule has 3 heterocycles. The highest BCUT2D eigenvalue weighted by Gasteiger charge is 2.22. The smallest absolute Gasteiger partial charge is 0.164 e. The van der Waals surface area contributed by atoms with Crippen molar-refractivity contribution < 1.29 is 9.47 Å². The predicted molar refractivity (Wildman–Crippen MR) is 105 cm³/mol. The third kappa shape index (κ3) is 3.31.